The molecule has 1 saturated heterocycles. The van der Waals surface area contributed by atoms with Crippen LogP contribution in [0.4, 0.5) is 0 Å². The predicted octanol–water partition coefficient (Wildman–Crippen LogP) is 0.981. The van der Waals surface area contributed by atoms with E-state index in [1.165, 1.54) is 6.42 Å². The summed E-state index contributed by atoms with van der Waals surface area (Å²) in [5, 5.41) is 2.99. The highest BCUT2D eigenvalue weighted by atomic mass is 16.5. The minimum absolute atomic E-state index is 0.0689. The molecule has 1 aliphatic heterocycles. The zero-order chi connectivity index (χ0) is 15.5. The maximum atomic E-state index is 12.1. The highest BCUT2D eigenvalue weighted by Crippen LogP contribution is 2.36. The summed E-state index contributed by atoms with van der Waals surface area (Å²) < 4.78 is 5.30. The standard InChI is InChI=1S/C17H25N3O2/c1-22-16-5-3-2-4-12(16)8-19-17(21)11-20-9-13-6-7-15(18)14(13)10-20/h2-5,13-15H,6-11,18H2,1H3,(H,19,21). The van der Waals surface area contributed by atoms with Crippen molar-refractivity contribution in [3.05, 3.63) is 29.8 Å². The first-order valence-electron chi connectivity index (χ1n) is 8.04. The maximum absolute atomic E-state index is 12.1. The fourth-order valence-corrected chi connectivity index (χ4v) is 3.83. The maximum Gasteiger partial charge on any atom is 0.234 e. The summed E-state index contributed by atoms with van der Waals surface area (Å²) in [7, 11) is 1.65. The van der Waals surface area contributed by atoms with Crippen molar-refractivity contribution in [2.75, 3.05) is 26.7 Å². The number of nitrogens with two attached hydrogens (primary N) is 1. The van der Waals surface area contributed by atoms with Gasteiger partial charge in [-0.15, -0.1) is 0 Å². The molecule has 3 N–H and O–H groups in total. The van der Waals surface area contributed by atoms with E-state index in [9.17, 15) is 4.79 Å². The summed E-state index contributed by atoms with van der Waals surface area (Å²) >= 11 is 0. The molecule has 3 rings (SSSR count). The lowest BCUT2D eigenvalue weighted by Gasteiger charge is -2.18. The van der Waals surface area contributed by atoms with Gasteiger partial charge in [-0.05, 0) is 30.7 Å². The van der Waals surface area contributed by atoms with Gasteiger partial charge in [-0.2, -0.15) is 0 Å². The van der Waals surface area contributed by atoms with Crippen LogP contribution in [0, 0.1) is 11.8 Å². The molecule has 0 bridgehead atoms. The molecule has 1 aliphatic carbocycles. The second-order valence-corrected chi connectivity index (χ2v) is 6.45. The van der Waals surface area contributed by atoms with Crippen LogP contribution < -0.4 is 15.8 Å². The summed E-state index contributed by atoms with van der Waals surface area (Å²) in [6, 6.07) is 8.08. The number of fused-ring (bicyclic) bond motifs is 1. The number of hydrogen-bond donors (Lipinski definition) is 2. The van der Waals surface area contributed by atoms with Crippen molar-refractivity contribution in [3.8, 4) is 5.75 Å². The molecule has 5 nitrogen and oxygen atoms in total. The topological polar surface area (TPSA) is 67.6 Å². The normalized spacial score (nSPS) is 27.6. The molecule has 1 aromatic carbocycles. The number of hydrogen-bond acceptors (Lipinski definition) is 4. The minimum Gasteiger partial charge on any atom is -0.496 e. The molecule has 120 valence electrons. The number of carbonyl (C=O) groups excluding carboxylic acids is 1. The van der Waals surface area contributed by atoms with Crippen molar-refractivity contribution >= 4 is 5.91 Å². The number of nitrogens with one attached hydrogen (secondary N) is 1. The van der Waals surface area contributed by atoms with E-state index in [2.05, 4.69) is 10.2 Å². The third kappa shape index (κ3) is 3.25. The first-order valence-corrected chi connectivity index (χ1v) is 8.04. The molecule has 0 aromatic heterocycles. The number of ether oxygens (including phenoxy) is 1. The van der Waals surface area contributed by atoms with Crippen LogP contribution in [0.15, 0.2) is 24.3 Å². The van der Waals surface area contributed by atoms with E-state index in [0.29, 0.717) is 31.0 Å². The number of rotatable bonds is 5. The van der Waals surface area contributed by atoms with Gasteiger partial charge in [0.25, 0.3) is 0 Å². The second-order valence-electron chi connectivity index (χ2n) is 6.45. The fourth-order valence-electron chi connectivity index (χ4n) is 3.83. The summed E-state index contributed by atoms with van der Waals surface area (Å²) in [5.74, 6) is 2.16. The fraction of sp³-hybridized carbons (Fsp3) is 0.588. The Kier molecular flexibility index (Phi) is 4.64. The molecular weight excluding hydrogens is 278 g/mol. The van der Waals surface area contributed by atoms with Crippen LogP contribution in [0.5, 0.6) is 5.75 Å². The molecule has 1 heterocycles. The van der Waals surface area contributed by atoms with Gasteiger partial charge in [-0.3, -0.25) is 9.69 Å². The van der Waals surface area contributed by atoms with E-state index in [1.807, 2.05) is 24.3 Å². The van der Waals surface area contributed by atoms with Gasteiger partial charge in [-0.25, -0.2) is 0 Å². The average molecular weight is 303 g/mol. The summed E-state index contributed by atoms with van der Waals surface area (Å²) in [6.45, 7) is 2.95. The van der Waals surface area contributed by atoms with Crippen LogP contribution in [0.3, 0.4) is 0 Å². The number of methoxy groups -OCH3 is 1. The molecule has 22 heavy (non-hydrogen) atoms. The molecule has 2 aliphatic rings. The van der Waals surface area contributed by atoms with E-state index in [0.717, 1.165) is 30.8 Å². The van der Waals surface area contributed by atoms with E-state index < -0.39 is 0 Å². The first kappa shape index (κ1) is 15.3. The molecule has 1 amide bonds. The molecule has 3 atom stereocenters. The van der Waals surface area contributed by atoms with Crippen LogP contribution in [-0.4, -0.2) is 43.6 Å². The van der Waals surface area contributed by atoms with Crippen molar-refractivity contribution in [3.63, 3.8) is 0 Å². The lowest BCUT2D eigenvalue weighted by Crippen LogP contribution is -2.37. The Hall–Kier alpha value is -1.59. The Bertz CT molecular complexity index is 534. The van der Waals surface area contributed by atoms with Crippen LogP contribution >= 0.6 is 0 Å². The molecule has 3 unspecified atom stereocenters. The third-order valence-electron chi connectivity index (χ3n) is 5.02. The van der Waals surface area contributed by atoms with E-state index in [4.69, 9.17) is 10.5 Å². The average Bonchev–Trinajstić information content (AvgIpc) is 3.07. The predicted molar refractivity (Wildman–Crippen MR) is 85.5 cm³/mol. The minimum atomic E-state index is 0.0689. The van der Waals surface area contributed by atoms with Gasteiger partial charge in [0.05, 0.1) is 13.7 Å². The number of para-hydroxylation sites is 1. The zero-order valence-corrected chi connectivity index (χ0v) is 13.1. The van der Waals surface area contributed by atoms with Crippen molar-refractivity contribution in [2.24, 2.45) is 17.6 Å². The quantitative estimate of drug-likeness (QED) is 0.851. The molecule has 0 spiro atoms. The third-order valence-corrected chi connectivity index (χ3v) is 5.02. The van der Waals surface area contributed by atoms with Gasteiger partial charge in [0.1, 0.15) is 5.75 Å². The second kappa shape index (κ2) is 6.67. The van der Waals surface area contributed by atoms with Crippen LogP contribution in [-0.2, 0) is 11.3 Å². The Balaban J connectivity index is 1.47. The molecule has 5 heteroatoms. The molecule has 1 aromatic rings. The van der Waals surface area contributed by atoms with Gasteiger partial charge in [-0.1, -0.05) is 18.2 Å². The zero-order valence-electron chi connectivity index (χ0n) is 13.1. The Morgan fingerprint density at radius 2 is 2.18 bits per heavy atom. The number of carbonyl (C=O) groups is 1. The molecule has 0 radical (unpaired) electrons. The highest BCUT2D eigenvalue weighted by Gasteiger charge is 2.41. The SMILES string of the molecule is COc1ccccc1CNC(=O)CN1CC2CCC(N)C2C1. The lowest BCUT2D eigenvalue weighted by atomic mass is 9.98. The van der Waals surface area contributed by atoms with E-state index in [1.54, 1.807) is 7.11 Å². The van der Waals surface area contributed by atoms with Gasteiger partial charge in [0.15, 0.2) is 0 Å². The first-order chi connectivity index (χ1) is 10.7. The molecular formula is C17H25N3O2. The molecule has 2 fully saturated rings. The Labute approximate surface area is 131 Å². The van der Waals surface area contributed by atoms with Crippen LogP contribution in [0.1, 0.15) is 18.4 Å². The number of benzene rings is 1. The van der Waals surface area contributed by atoms with Crippen LogP contribution in [0.25, 0.3) is 0 Å². The smallest absolute Gasteiger partial charge is 0.234 e. The van der Waals surface area contributed by atoms with Gasteiger partial charge >= 0.3 is 0 Å². The summed E-state index contributed by atoms with van der Waals surface area (Å²) in [5.41, 5.74) is 7.14. The van der Waals surface area contributed by atoms with Crippen molar-refractivity contribution < 1.29 is 9.53 Å². The van der Waals surface area contributed by atoms with Gasteiger partial charge < -0.3 is 15.8 Å². The lowest BCUT2D eigenvalue weighted by molar-refractivity contribution is -0.122. The number of likely N-dealkylation sites (tertiary alicyclic amines) is 1. The highest BCUT2D eigenvalue weighted by molar-refractivity contribution is 5.78. The number of nitrogens with zero attached hydrogens (tertiary/aromatic N) is 1. The molecule has 1 saturated carbocycles. The Morgan fingerprint density at radius 3 is 2.95 bits per heavy atom. The monoisotopic (exact) mass is 303 g/mol. The van der Waals surface area contributed by atoms with Crippen molar-refractivity contribution in [1.82, 2.24) is 10.2 Å². The number of amides is 1. The van der Waals surface area contributed by atoms with Crippen molar-refractivity contribution in [2.45, 2.75) is 25.4 Å². The van der Waals surface area contributed by atoms with Crippen molar-refractivity contribution in [1.29, 1.82) is 0 Å². The summed E-state index contributed by atoms with van der Waals surface area (Å²) in [4.78, 5) is 14.4. The van der Waals surface area contributed by atoms with E-state index in [-0.39, 0.29) is 5.91 Å². The Morgan fingerprint density at radius 1 is 1.36 bits per heavy atom. The largest absolute Gasteiger partial charge is 0.496 e. The summed E-state index contributed by atoms with van der Waals surface area (Å²) in [6.07, 6.45) is 2.36. The van der Waals surface area contributed by atoms with Crippen LogP contribution in [0.2, 0.25) is 0 Å². The van der Waals surface area contributed by atoms with Gasteiger partial charge in [0.2, 0.25) is 5.91 Å². The van der Waals surface area contributed by atoms with E-state index >= 15 is 0 Å². The van der Waals surface area contributed by atoms with Gasteiger partial charge in [0, 0.05) is 31.2 Å².